The molecule has 3 amide bonds. The van der Waals surface area contributed by atoms with Crippen molar-refractivity contribution in [2.75, 3.05) is 16.8 Å². The fourth-order valence-electron chi connectivity index (χ4n) is 4.11. The van der Waals surface area contributed by atoms with Gasteiger partial charge in [0.2, 0.25) is 0 Å². The van der Waals surface area contributed by atoms with Gasteiger partial charge in [-0.05, 0) is 54.1 Å². The van der Waals surface area contributed by atoms with E-state index in [1.165, 1.54) is 30.3 Å². The van der Waals surface area contributed by atoms with Crippen molar-refractivity contribution in [2.24, 2.45) is 0 Å². The van der Waals surface area contributed by atoms with Gasteiger partial charge in [0.15, 0.2) is 6.61 Å². The summed E-state index contributed by atoms with van der Waals surface area (Å²) >= 11 is 0. The molecule has 182 valence electrons. The van der Waals surface area contributed by atoms with Crippen LogP contribution in [0.25, 0.3) is 11.1 Å². The first kappa shape index (κ1) is 23.5. The fourth-order valence-corrected chi connectivity index (χ4v) is 4.11. The Labute approximate surface area is 211 Å². The molecular weight excluding hydrogens is 472 g/mol. The van der Waals surface area contributed by atoms with Crippen molar-refractivity contribution in [3.63, 3.8) is 0 Å². The molecule has 1 aliphatic rings. The van der Waals surface area contributed by atoms with E-state index < -0.39 is 30.3 Å². The lowest BCUT2D eigenvalue weighted by atomic mass is 10.0. The zero-order valence-corrected chi connectivity index (χ0v) is 19.4. The minimum Gasteiger partial charge on any atom is -0.482 e. The molecule has 1 aliphatic heterocycles. The predicted molar refractivity (Wildman–Crippen MR) is 137 cm³/mol. The molecule has 2 N–H and O–H groups in total. The van der Waals surface area contributed by atoms with E-state index in [2.05, 4.69) is 5.32 Å². The molecule has 5 rings (SSSR count). The van der Waals surface area contributed by atoms with E-state index >= 15 is 0 Å². The van der Waals surface area contributed by atoms with Crippen molar-refractivity contribution in [3.05, 3.63) is 114 Å². The predicted octanol–water partition coefficient (Wildman–Crippen LogP) is 4.87. The first-order valence-electron chi connectivity index (χ1n) is 11.4. The van der Waals surface area contributed by atoms with Gasteiger partial charge in [-0.15, -0.1) is 0 Å². The number of carboxylic acid groups (broad SMARTS) is 1. The fraction of sp³-hybridized carbons (Fsp3) is 0.0345. The Balaban J connectivity index is 1.38. The van der Waals surface area contributed by atoms with Crippen LogP contribution in [-0.2, 0) is 4.79 Å². The number of imide groups is 1. The number of anilines is 2. The molecule has 1 heterocycles. The molecule has 0 saturated carbocycles. The Hall–Kier alpha value is -5.24. The third kappa shape index (κ3) is 4.68. The van der Waals surface area contributed by atoms with Gasteiger partial charge in [-0.25, -0.2) is 9.69 Å². The number of hydrogen-bond acceptors (Lipinski definition) is 5. The minimum atomic E-state index is -1.09. The Bertz CT molecular complexity index is 1530. The van der Waals surface area contributed by atoms with Gasteiger partial charge in [0.25, 0.3) is 17.7 Å². The standard InChI is InChI=1S/C29H20N2O6/c32-26(33)17-37-21-13-11-20(12-14-21)30-27(34)19-10-15-23-24(16-19)29(36)31(28(23)35)25-9-5-4-8-22(25)18-6-2-1-3-7-18/h1-16H,17H2,(H,30,34)(H,32,33). The lowest BCUT2D eigenvalue weighted by molar-refractivity contribution is -0.139. The number of para-hydroxylation sites is 1. The molecule has 0 atom stereocenters. The second kappa shape index (κ2) is 9.79. The number of carbonyl (C=O) groups is 4. The van der Waals surface area contributed by atoms with Gasteiger partial charge in [-0.3, -0.25) is 14.4 Å². The molecular formula is C29H20N2O6. The molecule has 37 heavy (non-hydrogen) atoms. The van der Waals surface area contributed by atoms with Crippen LogP contribution in [0.1, 0.15) is 31.1 Å². The zero-order chi connectivity index (χ0) is 25.9. The molecule has 0 bridgehead atoms. The first-order chi connectivity index (χ1) is 17.9. The summed E-state index contributed by atoms with van der Waals surface area (Å²) in [5.74, 6) is -2.17. The second-order valence-electron chi connectivity index (χ2n) is 8.25. The molecule has 0 unspecified atom stereocenters. The highest BCUT2D eigenvalue weighted by Gasteiger charge is 2.38. The number of nitrogens with zero attached hydrogens (tertiary/aromatic N) is 1. The normalized spacial score (nSPS) is 12.3. The number of amides is 3. The summed E-state index contributed by atoms with van der Waals surface area (Å²) < 4.78 is 5.08. The molecule has 0 radical (unpaired) electrons. The van der Waals surface area contributed by atoms with Gasteiger partial charge < -0.3 is 15.2 Å². The monoisotopic (exact) mass is 492 g/mol. The molecule has 0 aromatic heterocycles. The molecule has 4 aromatic rings. The summed E-state index contributed by atoms with van der Waals surface area (Å²) in [5.41, 5.74) is 3.12. The number of ether oxygens (including phenoxy) is 1. The Kier molecular flexibility index (Phi) is 6.22. The van der Waals surface area contributed by atoms with E-state index in [1.54, 1.807) is 24.3 Å². The van der Waals surface area contributed by atoms with E-state index in [-0.39, 0.29) is 16.7 Å². The molecule has 8 heteroatoms. The van der Waals surface area contributed by atoms with Gasteiger partial charge in [0.05, 0.1) is 16.8 Å². The average Bonchev–Trinajstić information content (AvgIpc) is 3.17. The van der Waals surface area contributed by atoms with Crippen LogP contribution in [-0.4, -0.2) is 35.4 Å². The first-order valence-corrected chi connectivity index (χ1v) is 11.4. The van der Waals surface area contributed by atoms with Crippen molar-refractivity contribution in [1.29, 1.82) is 0 Å². The SMILES string of the molecule is O=C(O)COc1ccc(NC(=O)c2ccc3c(c2)C(=O)N(c2ccccc2-c2ccccc2)C3=O)cc1. The van der Waals surface area contributed by atoms with E-state index in [0.717, 1.165) is 16.0 Å². The maximum absolute atomic E-state index is 13.4. The molecule has 8 nitrogen and oxygen atoms in total. The van der Waals surface area contributed by atoms with Gasteiger partial charge >= 0.3 is 5.97 Å². The van der Waals surface area contributed by atoms with Crippen LogP contribution in [0.4, 0.5) is 11.4 Å². The van der Waals surface area contributed by atoms with E-state index in [4.69, 9.17) is 9.84 Å². The number of carboxylic acids is 1. The summed E-state index contributed by atoms with van der Waals surface area (Å²) in [4.78, 5) is 51.3. The maximum atomic E-state index is 13.4. The molecule has 0 saturated heterocycles. The van der Waals surface area contributed by atoms with Crippen LogP contribution in [0.2, 0.25) is 0 Å². The van der Waals surface area contributed by atoms with Crippen LogP contribution < -0.4 is 15.0 Å². The molecule has 4 aromatic carbocycles. The smallest absolute Gasteiger partial charge is 0.341 e. The summed E-state index contributed by atoms with van der Waals surface area (Å²) in [5, 5.41) is 11.4. The van der Waals surface area contributed by atoms with Crippen molar-refractivity contribution in [2.45, 2.75) is 0 Å². The van der Waals surface area contributed by atoms with E-state index in [0.29, 0.717) is 17.1 Å². The highest BCUT2D eigenvalue weighted by atomic mass is 16.5. The van der Waals surface area contributed by atoms with Crippen molar-refractivity contribution >= 4 is 35.1 Å². The van der Waals surface area contributed by atoms with Gasteiger partial charge in [0.1, 0.15) is 5.75 Å². The summed E-state index contributed by atoms with van der Waals surface area (Å²) in [6.45, 7) is -0.472. The van der Waals surface area contributed by atoms with Crippen LogP contribution in [0.15, 0.2) is 97.1 Å². The largest absolute Gasteiger partial charge is 0.482 e. The lowest BCUT2D eigenvalue weighted by Gasteiger charge is -2.18. The van der Waals surface area contributed by atoms with Crippen molar-refractivity contribution < 1.29 is 29.0 Å². The van der Waals surface area contributed by atoms with E-state index in [9.17, 15) is 19.2 Å². The highest BCUT2D eigenvalue weighted by molar-refractivity contribution is 6.35. The van der Waals surface area contributed by atoms with Crippen molar-refractivity contribution in [1.82, 2.24) is 0 Å². The highest BCUT2D eigenvalue weighted by Crippen LogP contribution is 2.36. The molecule has 0 aliphatic carbocycles. The number of benzene rings is 4. The molecule has 0 spiro atoms. The third-order valence-corrected chi connectivity index (χ3v) is 5.85. The quantitative estimate of drug-likeness (QED) is 0.356. The van der Waals surface area contributed by atoms with Crippen LogP contribution in [0, 0.1) is 0 Å². The number of aliphatic carboxylic acids is 1. The van der Waals surface area contributed by atoms with Gasteiger partial charge in [-0.1, -0.05) is 48.5 Å². The Morgan fingerprint density at radius 1 is 0.757 bits per heavy atom. The zero-order valence-electron chi connectivity index (χ0n) is 19.4. The number of hydrogen-bond donors (Lipinski definition) is 2. The van der Waals surface area contributed by atoms with Crippen LogP contribution in [0.5, 0.6) is 5.75 Å². The Morgan fingerprint density at radius 2 is 1.43 bits per heavy atom. The van der Waals surface area contributed by atoms with Crippen LogP contribution >= 0.6 is 0 Å². The van der Waals surface area contributed by atoms with Crippen molar-refractivity contribution in [3.8, 4) is 16.9 Å². The number of carbonyl (C=O) groups excluding carboxylic acids is 3. The van der Waals surface area contributed by atoms with Gasteiger partial charge in [-0.2, -0.15) is 0 Å². The summed E-state index contributed by atoms with van der Waals surface area (Å²) in [7, 11) is 0. The van der Waals surface area contributed by atoms with Crippen LogP contribution in [0.3, 0.4) is 0 Å². The number of nitrogens with one attached hydrogen (secondary N) is 1. The second-order valence-corrected chi connectivity index (χ2v) is 8.25. The minimum absolute atomic E-state index is 0.151. The Morgan fingerprint density at radius 3 is 2.16 bits per heavy atom. The average molecular weight is 492 g/mol. The van der Waals surface area contributed by atoms with E-state index in [1.807, 2.05) is 42.5 Å². The third-order valence-electron chi connectivity index (χ3n) is 5.85. The number of fused-ring (bicyclic) bond motifs is 1. The maximum Gasteiger partial charge on any atom is 0.341 e. The van der Waals surface area contributed by atoms with Gasteiger partial charge in [0, 0.05) is 16.8 Å². The number of rotatable bonds is 7. The molecule has 0 fully saturated rings. The topological polar surface area (TPSA) is 113 Å². The lowest BCUT2D eigenvalue weighted by Crippen LogP contribution is -2.29. The summed E-state index contributed by atoms with van der Waals surface area (Å²) in [6, 6.07) is 27.3. The summed E-state index contributed by atoms with van der Waals surface area (Å²) in [6.07, 6.45) is 0.